The Labute approximate surface area is 135 Å². The summed E-state index contributed by atoms with van der Waals surface area (Å²) in [5.74, 6) is 0. The monoisotopic (exact) mass is 323 g/mol. The lowest BCUT2D eigenvalue weighted by atomic mass is 9.94. The fourth-order valence-corrected chi connectivity index (χ4v) is 4.83. The first kappa shape index (κ1) is 15.3. The van der Waals surface area contributed by atoms with Crippen molar-refractivity contribution in [3.8, 4) is 0 Å². The second-order valence-corrected chi connectivity index (χ2v) is 7.34. The first-order valence-corrected chi connectivity index (χ1v) is 9.00. The van der Waals surface area contributed by atoms with Gasteiger partial charge in [0.15, 0.2) is 0 Å². The van der Waals surface area contributed by atoms with Gasteiger partial charge in [-0.2, -0.15) is 0 Å². The second-order valence-electron chi connectivity index (χ2n) is 5.82. The van der Waals surface area contributed by atoms with E-state index in [1.807, 2.05) is 6.07 Å². The summed E-state index contributed by atoms with van der Waals surface area (Å²) < 4.78 is 1.25. The van der Waals surface area contributed by atoms with Crippen LogP contribution in [0.1, 0.15) is 37.0 Å². The molecule has 0 aliphatic heterocycles. The molecule has 0 bridgehead atoms. The van der Waals surface area contributed by atoms with Gasteiger partial charge in [0.05, 0.1) is 11.6 Å². The molecule has 0 spiro atoms. The van der Waals surface area contributed by atoms with E-state index in [0.717, 1.165) is 23.5 Å². The van der Waals surface area contributed by atoms with Gasteiger partial charge in [-0.05, 0) is 18.9 Å². The minimum atomic E-state index is 0.221. The third-order valence-corrected chi connectivity index (χ3v) is 6.13. The van der Waals surface area contributed by atoms with Crippen LogP contribution in [0.3, 0.4) is 0 Å². The van der Waals surface area contributed by atoms with Crippen LogP contribution in [0.25, 0.3) is 10.1 Å². The third kappa shape index (κ3) is 3.42. The van der Waals surface area contributed by atoms with Crippen LogP contribution >= 0.6 is 22.9 Å². The first-order valence-electron chi connectivity index (χ1n) is 7.80. The molecule has 2 nitrogen and oxygen atoms in total. The van der Waals surface area contributed by atoms with Crippen molar-refractivity contribution in [2.24, 2.45) is 0 Å². The minimum Gasteiger partial charge on any atom is -0.395 e. The van der Waals surface area contributed by atoms with E-state index < -0.39 is 0 Å². The lowest BCUT2D eigenvalue weighted by Gasteiger charge is -2.33. The molecule has 1 fully saturated rings. The number of aliphatic hydroxyl groups excluding tert-OH is 1. The standard InChI is InChI=1S/C17H22ClNOS/c18-17-14-8-4-5-9-15(14)21-16(17)12-19(10-11-20)13-6-2-1-3-7-13/h4-5,8-9,13,20H,1-3,6-7,10-12H2. The lowest BCUT2D eigenvalue weighted by Crippen LogP contribution is -2.38. The van der Waals surface area contributed by atoms with Crippen molar-refractivity contribution in [1.29, 1.82) is 0 Å². The van der Waals surface area contributed by atoms with Gasteiger partial charge in [-0.3, -0.25) is 4.90 Å². The van der Waals surface area contributed by atoms with Crippen LogP contribution in [0.15, 0.2) is 24.3 Å². The number of halogens is 1. The molecule has 3 rings (SSSR count). The van der Waals surface area contributed by atoms with Gasteiger partial charge in [0.25, 0.3) is 0 Å². The summed E-state index contributed by atoms with van der Waals surface area (Å²) in [4.78, 5) is 3.66. The lowest BCUT2D eigenvalue weighted by molar-refractivity contribution is 0.118. The highest BCUT2D eigenvalue weighted by atomic mass is 35.5. The Morgan fingerprint density at radius 1 is 1.19 bits per heavy atom. The molecule has 0 radical (unpaired) electrons. The van der Waals surface area contributed by atoms with Crippen molar-refractivity contribution in [2.75, 3.05) is 13.2 Å². The predicted octanol–water partition coefficient (Wildman–Crippen LogP) is 4.68. The number of hydrogen-bond acceptors (Lipinski definition) is 3. The molecule has 1 aliphatic rings. The molecule has 0 amide bonds. The highest BCUT2D eigenvalue weighted by Crippen LogP contribution is 2.36. The van der Waals surface area contributed by atoms with E-state index in [4.69, 9.17) is 11.6 Å². The van der Waals surface area contributed by atoms with Crippen LogP contribution in [-0.2, 0) is 6.54 Å². The van der Waals surface area contributed by atoms with Gasteiger partial charge in [0, 0.05) is 34.1 Å². The Kier molecular flexibility index (Phi) is 5.17. The van der Waals surface area contributed by atoms with Crippen molar-refractivity contribution in [1.82, 2.24) is 4.90 Å². The van der Waals surface area contributed by atoms with E-state index in [1.165, 1.54) is 41.7 Å². The quantitative estimate of drug-likeness (QED) is 0.863. The van der Waals surface area contributed by atoms with Gasteiger partial charge in [-0.1, -0.05) is 49.1 Å². The maximum Gasteiger partial charge on any atom is 0.0637 e. The smallest absolute Gasteiger partial charge is 0.0637 e. The number of thiophene rings is 1. The molecular weight excluding hydrogens is 302 g/mol. The molecule has 0 unspecified atom stereocenters. The van der Waals surface area contributed by atoms with Crippen LogP contribution < -0.4 is 0 Å². The number of benzene rings is 1. The van der Waals surface area contributed by atoms with E-state index in [-0.39, 0.29) is 6.61 Å². The Morgan fingerprint density at radius 2 is 1.95 bits per heavy atom. The summed E-state index contributed by atoms with van der Waals surface area (Å²) in [5.41, 5.74) is 0. The second kappa shape index (κ2) is 7.10. The molecule has 0 atom stereocenters. The number of aliphatic hydroxyl groups is 1. The van der Waals surface area contributed by atoms with Gasteiger partial charge in [-0.15, -0.1) is 11.3 Å². The third-order valence-electron chi connectivity index (χ3n) is 4.43. The van der Waals surface area contributed by atoms with E-state index in [0.29, 0.717) is 6.04 Å². The molecule has 1 aliphatic carbocycles. The maximum absolute atomic E-state index is 9.38. The Morgan fingerprint density at radius 3 is 2.67 bits per heavy atom. The first-order chi connectivity index (χ1) is 10.3. The largest absolute Gasteiger partial charge is 0.395 e. The van der Waals surface area contributed by atoms with Gasteiger partial charge in [-0.25, -0.2) is 0 Å². The summed E-state index contributed by atoms with van der Waals surface area (Å²) in [5, 5.41) is 11.4. The average Bonchev–Trinajstić information content (AvgIpc) is 2.84. The number of fused-ring (bicyclic) bond motifs is 1. The molecular formula is C17H22ClNOS. The van der Waals surface area contributed by atoms with Crippen LogP contribution in [0.4, 0.5) is 0 Å². The topological polar surface area (TPSA) is 23.5 Å². The van der Waals surface area contributed by atoms with Crippen molar-refractivity contribution >= 4 is 33.0 Å². The molecule has 1 heterocycles. The SMILES string of the molecule is OCCN(Cc1sc2ccccc2c1Cl)C1CCCCC1. The van der Waals surface area contributed by atoms with E-state index >= 15 is 0 Å². The van der Waals surface area contributed by atoms with Crippen molar-refractivity contribution in [3.63, 3.8) is 0 Å². The van der Waals surface area contributed by atoms with Crippen LogP contribution in [0.2, 0.25) is 5.02 Å². The molecule has 4 heteroatoms. The van der Waals surface area contributed by atoms with Gasteiger partial charge < -0.3 is 5.11 Å². The Bertz CT molecular complexity index is 591. The summed E-state index contributed by atoms with van der Waals surface area (Å²) in [6, 6.07) is 8.93. The molecule has 0 saturated heterocycles. The van der Waals surface area contributed by atoms with Crippen molar-refractivity contribution in [3.05, 3.63) is 34.2 Å². The highest BCUT2D eigenvalue weighted by molar-refractivity contribution is 7.19. The fraction of sp³-hybridized carbons (Fsp3) is 0.529. The highest BCUT2D eigenvalue weighted by Gasteiger charge is 2.22. The molecule has 1 aromatic heterocycles. The predicted molar refractivity (Wildman–Crippen MR) is 91.2 cm³/mol. The molecule has 1 N–H and O–H groups in total. The molecule has 2 aromatic rings. The van der Waals surface area contributed by atoms with Gasteiger partial charge in [0.1, 0.15) is 0 Å². The number of nitrogens with zero attached hydrogens (tertiary/aromatic N) is 1. The Balaban J connectivity index is 1.81. The zero-order valence-corrected chi connectivity index (χ0v) is 13.8. The molecule has 114 valence electrons. The van der Waals surface area contributed by atoms with E-state index in [1.54, 1.807) is 11.3 Å². The van der Waals surface area contributed by atoms with E-state index in [2.05, 4.69) is 23.1 Å². The van der Waals surface area contributed by atoms with Crippen LogP contribution in [-0.4, -0.2) is 29.2 Å². The maximum atomic E-state index is 9.38. The zero-order chi connectivity index (χ0) is 14.7. The summed E-state index contributed by atoms with van der Waals surface area (Å²) >= 11 is 8.35. The van der Waals surface area contributed by atoms with E-state index in [9.17, 15) is 5.11 Å². The normalized spacial score (nSPS) is 16.9. The minimum absolute atomic E-state index is 0.221. The summed E-state index contributed by atoms with van der Waals surface area (Å²) in [7, 11) is 0. The average molecular weight is 324 g/mol. The fourth-order valence-electron chi connectivity index (χ4n) is 3.32. The van der Waals surface area contributed by atoms with Gasteiger partial charge >= 0.3 is 0 Å². The number of rotatable bonds is 5. The van der Waals surface area contributed by atoms with Gasteiger partial charge in [0.2, 0.25) is 0 Å². The molecule has 1 saturated carbocycles. The summed E-state index contributed by atoms with van der Waals surface area (Å²) in [6.45, 7) is 1.83. The summed E-state index contributed by atoms with van der Waals surface area (Å²) in [6.07, 6.45) is 6.48. The van der Waals surface area contributed by atoms with Crippen LogP contribution in [0.5, 0.6) is 0 Å². The van der Waals surface area contributed by atoms with Crippen LogP contribution in [0, 0.1) is 0 Å². The zero-order valence-electron chi connectivity index (χ0n) is 12.2. The number of hydrogen-bond donors (Lipinski definition) is 1. The van der Waals surface area contributed by atoms with Crippen molar-refractivity contribution in [2.45, 2.75) is 44.7 Å². The van der Waals surface area contributed by atoms with Crippen molar-refractivity contribution < 1.29 is 5.11 Å². The Hall–Kier alpha value is -0.610. The molecule has 21 heavy (non-hydrogen) atoms. The molecule has 1 aromatic carbocycles.